The average Bonchev–Trinajstić information content (AvgIpc) is 2.17. The number of fused-ring (bicyclic) bond motifs is 1. The van der Waals surface area contributed by atoms with Gasteiger partial charge in [-0.15, -0.1) is 0 Å². The summed E-state index contributed by atoms with van der Waals surface area (Å²) in [5, 5.41) is 3.55. The van der Waals surface area contributed by atoms with Gasteiger partial charge in [-0.25, -0.2) is 4.98 Å². The Kier molecular flexibility index (Phi) is 2.64. The second-order valence-corrected chi connectivity index (χ2v) is 3.78. The maximum atomic E-state index is 10.8. The van der Waals surface area contributed by atoms with E-state index in [-0.39, 0.29) is 4.82 Å². The lowest BCUT2D eigenvalue weighted by Crippen LogP contribution is -2.02. The summed E-state index contributed by atoms with van der Waals surface area (Å²) in [6, 6.07) is 5.45. The highest BCUT2D eigenvalue weighted by Crippen LogP contribution is 2.17. The number of pyridine rings is 2. The van der Waals surface area contributed by atoms with Crippen LogP contribution in [0.4, 0.5) is 10.6 Å². The SMILES string of the molecule is Cc1nccc2nc(NC(=O)Br)ccc12. The summed E-state index contributed by atoms with van der Waals surface area (Å²) in [4.78, 5) is 18.9. The van der Waals surface area contributed by atoms with Crippen LogP contribution < -0.4 is 5.32 Å². The van der Waals surface area contributed by atoms with Crippen molar-refractivity contribution in [2.75, 3.05) is 5.32 Å². The summed E-state index contributed by atoms with van der Waals surface area (Å²) in [6.45, 7) is 1.92. The molecule has 0 bridgehead atoms. The molecule has 0 spiro atoms. The Balaban J connectivity index is 2.52. The minimum absolute atomic E-state index is 0.305. The third kappa shape index (κ3) is 2.12. The van der Waals surface area contributed by atoms with Gasteiger partial charge in [-0.1, -0.05) is 0 Å². The van der Waals surface area contributed by atoms with Gasteiger partial charge in [0.05, 0.1) is 5.52 Å². The van der Waals surface area contributed by atoms with E-state index in [0.717, 1.165) is 16.6 Å². The summed E-state index contributed by atoms with van der Waals surface area (Å²) in [7, 11) is 0. The number of nitrogens with one attached hydrogen (secondary N) is 1. The summed E-state index contributed by atoms with van der Waals surface area (Å²) >= 11 is 2.79. The highest BCUT2D eigenvalue weighted by molar-refractivity contribution is 9.18. The van der Waals surface area contributed by atoms with Crippen molar-refractivity contribution >= 4 is 37.5 Å². The third-order valence-electron chi connectivity index (χ3n) is 2.04. The van der Waals surface area contributed by atoms with E-state index in [1.165, 1.54) is 0 Å². The third-order valence-corrected chi connectivity index (χ3v) is 2.24. The van der Waals surface area contributed by atoms with Crippen molar-refractivity contribution in [1.82, 2.24) is 9.97 Å². The van der Waals surface area contributed by atoms with E-state index < -0.39 is 0 Å². The van der Waals surface area contributed by atoms with Gasteiger partial charge >= 0.3 is 0 Å². The van der Waals surface area contributed by atoms with Crippen LogP contribution >= 0.6 is 15.9 Å². The molecule has 1 N–H and O–H groups in total. The maximum absolute atomic E-state index is 10.8. The first-order valence-corrected chi connectivity index (χ1v) is 5.15. The molecule has 0 saturated heterocycles. The number of carbonyl (C=O) groups excluding carboxylic acids is 1. The fourth-order valence-corrected chi connectivity index (χ4v) is 1.57. The van der Waals surface area contributed by atoms with E-state index in [2.05, 4.69) is 31.2 Å². The molecule has 2 heterocycles. The number of hydrogen-bond acceptors (Lipinski definition) is 3. The Hall–Kier alpha value is -1.49. The number of nitrogens with zero attached hydrogens (tertiary/aromatic N) is 2. The average molecular weight is 266 g/mol. The monoisotopic (exact) mass is 265 g/mol. The number of amides is 1. The van der Waals surface area contributed by atoms with Gasteiger partial charge in [-0.2, -0.15) is 0 Å². The van der Waals surface area contributed by atoms with Crippen molar-refractivity contribution in [1.29, 1.82) is 0 Å². The molecular formula is C10H8BrN3O. The molecular weight excluding hydrogens is 258 g/mol. The first-order valence-electron chi connectivity index (χ1n) is 4.35. The predicted octanol–water partition coefficient (Wildman–Crippen LogP) is 2.87. The lowest BCUT2D eigenvalue weighted by Gasteiger charge is -2.03. The van der Waals surface area contributed by atoms with E-state index in [1.807, 2.05) is 19.1 Å². The summed E-state index contributed by atoms with van der Waals surface area (Å²) in [5.41, 5.74) is 1.75. The number of halogens is 1. The zero-order valence-corrected chi connectivity index (χ0v) is 9.58. The highest BCUT2D eigenvalue weighted by Gasteiger charge is 2.02. The lowest BCUT2D eigenvalue weighted by molar-refractivity contribution is 0.270. The van der Waals surface area contributed by atoms with E-state index in [9.17, 15) is 4.79 Å². The largest absolute Gasteiger partial charge is 0.301 e. The van der Waals surface area contributed by atoms with Crippen LogP contribution in [0.25, 0.3) is 10.9 Å². The Bertz CT molecular complexity index is 527. The number of carbonyl (C=O) groups is 1. The minimum Gasteiger partial charge on any atom is -0.301 e. The van der Waals surface area contributed by atoms with Gasteiger partial charge in [0.15, 0.2) is 0 Å². The molecule has 0 aromatic carbocycles. The van der Waals surface area contributed by atoms with E-state index >= 15 is 0 Å². The van der Waals surface area contributed by atoms with Crippen LogP contribution in [-0.2, 0) is 0 Å². The summed E-state index contributed by atoms with van der Waals surface area (Å²) in [5.74, 6) is 0.523. The predicted molar refractivity (Wildman–Crippen MR) is 62.2 cm³/mol. The first-order chi connectivity index (χ1) is 7.16. The topological polar surface area (TPSA) is 54.9 Å². The molecule has 15 heavy (non-hydrogen) atoms. The van der Waals surface area contributed by atoms with Gasteiger partial charge in [0.2, 0.25) is 0 Å². The van der Waals surface area contributed by atoms with Crippen LogP contribution in [-0.4, -0.2) is 14.8 Å². The number of aryl methyl sites for hydroxylation is 1. The fraction of sp³-hybridized carbons (Fsp3) is 0.100. The second-order valence-electron chi connectivity index (χ2n) is 3.06. The van der Waals surface area contributed by atoms with Crippen molar-refractivity contribution in [3.63, 3.8) is 0 Å². The first kappa shape index (κ1) is 10.0. The van der Waals surface area contributed by atoms with Crippen LogP contribution in [0.2, 0.25) is 0 Å². The van der Waals surface area contributed by atoms with Gasteiger partial charge in [-0.3, -0.25) is 9.78 Å². The molecule has 0 atom stereocenters. The van der Waals surface area contributed by atoms with Crippen LogP contribution in [0.5, 0.6) is 0 Å². The molecule has 2 aromatic heterocycles. The van der Waals surface area contributed by atoms with E-state index in [4.69, 9.17) is 0 Å². The molecule has 76 valence electrons. The van der Waals surface area contributed by atoms with Crippen LogP contribution in [0, 0.1) is 6.92 Å². The summed E-state index contributed by atoms with van der Waals surface area (Å²) in [6.07, 6.45) is 1.70. The number of aromatic nitrogens is 2. The molecule has 4 nitrogen and oxygen atoms in total. The molecule has 0 radical (unpaired) electrons. The number of anilines is 1. The van der Waals surface area contributed by atoms with E-state index in [0.29, 0.717) is 5.82 Å². The van der Waals surface area contributed by atoms with Gasteiger partial charge in [-0.05, 0) is 25.1 Å². The van der Waals surface area contributed by atoms with Crippen molar-refractivity contribution in [2.45, 2.75) is 6.92 Å². The normalized spacial score (nSPS) is 10.3. The zero-order chi connectivity index (χ0) is 10.8. The fourth-order valence-electron chi connectivity index (χ4n) is 1.37. The Morgan fingerprint density at radius 2 is 2.20 bits per heavy atom. The molecule has 0 fully saturated rings. The smallest absolute Gasteiger partial charge is 0.292 e. The molecule has 2 rings (SSSR count). The zero-order valence-electron chi connectivity index (χ0n) is 7.99. The minimum atomic E-state index is -0.305. The van der Waals surface area contributed by atoms with Gasteiger partial charge in [0.25, 0.3) is 4.82 Å². The lowest BCUT2D eigenvalue weighted by atomic mass is 10.2. The van der Waals surface area contributed by atoms with Crippen molar-refractivity contribution in [3.05, 3.63) is 30.1 Å². The molecule has 1 amide bonds. The van der Waals surface area contributed by atoms with Crippen molar-refractivity contribution < 1.29 is 4.79 Å². The van der Waals surface area contributed by atoms with Crippen molar-refractivity contribution in [3.8, 4) is 0 Å². The second kappa shape index (κ2) is 3.94. The Labute approximate surface area is 94.9 Å². The molecule has 0 aliphatic heterocycles. The molecule has 5 heteroatoms. The molecule has 0 aliphatic carbocycles. The molecule has 0 aliphatic rings. The van der Waals surface area contributed by atoms with Gasteiger partial charge < -0.3 is 5.32 Å². The molecule has 0 saturated carbocycles. The quantitative estimate of drug-likeness (QED) is 0.637. The van der Waals surface area contributed by atoms with Crippen molar-refractivity contribution in [2.24, 2.45) is 0 Å². The molecule has 0 unspecified atom stereocenters. The summed E-state index contributed by atoms with van der Waals surface area (Å²) < 4.78 is 0. The Morgan fingerprint density at radius 1 is 1.40 bits per heavy atom. The number of rotatable bonds is 1. The maximum Gasteiger partial charge on any atom is 0.292 e. The van der Waals surface area contributed by atoms with Gasteiger partial charge in [0.1, 0.15) is 5.82 Å². The Morgan fingerprint density at radius 3 is 2.93 bits per heavy atom. The standard InChI is InChI=1S/C10H8BrN3O/c1-6-7-2-3-9(14-10(11)15)13-8(7)4-5-12-6/h2-5H,1H3,(H,13,14,15). The van der Waals surface area contributed by atoms with Crippen LogP contribution in [0.15, 0.2) is 24.4 Å². The molecule has 2 aromatic rings. The van der Waals surface area contributed by atoms with Crippen LogP contribution in [0.3, 0.4) is 0 Å². The van der Waals surface area contributed by atoms with Gasteiger partial charge in [0, 0.05) is 33.2 Å². The van der Waals surface area contributed by atoms with E-state index in [1.54, 1.807) is 12.3 Å². The highest BCUT2D eigenvalue weighted by atomic mass is 79.9. The van der Waals surface area contributed by atoms with Crippen LogP contribution in [0.1, 0.15) is 5.69 Å². The number of hydrogen-bond donors (Lipinski definition) is 1.